The van der Waals surface area contributed by atoms with Crippen LogP contribution in [0.2, 0.25) is 0 Å². The van der Waals surface area contributed by atoms with Gasteiger partial charge in [-0.05, 0) is 30.0 Å². The van der Waals surface area contributed by atoms with Gasteiger partial charge in [0.05, 0.1) is 25.6 Å². The first-order valence-electron chi connectivity index (χ1n) is 5.24. The van der Waals surface area contributed by atoms with Gasteiger partial charge in [-0.2, -0.15) is 0 Å². The predicted molar refractivity (Wildman–Crippen MR) is 73.6 cm³/mol. The molecule has 0 aliphatic rings. The third-order valence-corrected chi connectivity index (χ3v) is 6.15. The Kier molecular flexibility index (Phi) is 4.25. The van der Waals surface area contributed by atoms with E-state index in [1.54, 1.807) is 6.07 Å². The van der Waals surface area contributed by atoms with E-state index in [9.17, 15) is 9.00 Å². The molecule has 0 fully saturated rings. The minimum Gasteiger partial charge on any atom is -0.292 e. The van der Waals surface area contributed by atoms with Gasteiger partial charge in [-0.25, -0.2) is 0 Å². The van der Waals surface area contributed by atoms with Gasteiger partial charge in [0.2, 0.25) is 0 Å². The highest BCUT2D eigenvalue weighted by atomic mass is 32.2. The molecule has 90 valence electrons. The van der Waals surface area contributed by atoms with E-state index >= 15 is 0 Å². The van der Waals surface area contributed by atoms with Crippen molar-refractivity contribution in [1.82, 2.24) is 0 Å². The summed E-state index contributed by atoms with van der Waals surface area (Å²) >= 11 is 2.93. The minimum atomic E-state index is -1.20. The number of rotatable bonds is 5. The zero-order valence-corrected chi connectivity index (χ0v) is 11.8. The van der Waals surface area contributed by atoms with E-state index < -0.39 is 10.8 Å². The fourth-order valence-electron chi connectivity index (χ4n) is 1.37. The summed E-state index contributed by atoms with van der Waals surface area (Å²) in [5.74, 6) is 0.0610. The largest absolute Gasteiger partial charge is 0.292 e. The highest BCUT2D eigenvalue weighted by Gasteiger charge is 2.14. The van der Waals surface area contributed by atoms with Crippen LogP contribution >= 0.6 is 22.7 Å². The van der Waals surface area contributed by atoms with Gasteiger partial charge in [-0.1, -0.05) is 13.0 Å². The van der Waals surface area contributed by atoms with Crippen molar-refractivity contribution in [2.45, 2.75) is 17.6 Å². The smallest absolute Gasteiger partial charge is 0.185 e. The Labute approximate surface area is 111 Å². The lowest BCUT2D eigenvalue weighted by atomic mass is 10.3. The Morgan fingerprint density at radius 1 is 1.35 bits per heavy atom. The highest BCUT2D eigenvalue weighted by molar-refractivity contribution is 7.88. The van der Waals surface area contributed by atoms with Crippen molar-refractivity contribution in [3.8, 4) is 0 Å². The zero-order chi connectivity index (χ0) is 12.3. The summed E-state index contributed by atoms with van der Waals surface area (Å²) in [5, 5.41) is 1.87. The summed E-state index contributed by atoms with van der Waals surface area (Å²) < 4.78 is 12.6. The normalized spacial score (nSPS) is 12.5. The molecule has 0 spiro atoms. The van der Waals surface area contributed by atoms with Crippen LogP contribution in [0.1, 0.15) is 21.5 Å². The first-order chi connectivity index (χ1) is 8.20. The van der Waals surface area contributed by atoms with Gasteiger partial charge in [0, 0.05) is 4.88 Å². The molecule has 0 aliphatic heterocycles. The third kappa shape index (κ3) is 3.12. The molecular formula is C12H12O2S3. The van der Waals surface area contributed by atoms with Crippen LogP contribution < -0.4 is 0 Å². The summed E-state index contributed by atoms with van der Waals surface area (Å²) in [6.07, 6.45) is 0.936. The second-order valence-electron chi connectivity index (χ2n) is 3.46. The number of ketones is 1. The lowest BCUT2D eigenvalue weighted by molar-refractivity contribution is 0.102. The van der Waals surface area contributed by atoms with E-state index in [0.717, 1.165) is 10.6 Å². The summed E-state index contributed by atoms with van der Waals surface area (Å²) in [5.41, 5.74) is 0. The van der Waals surface area contributed by atoms with Crippen LogP contribution in [0.15, 0.2) is 33.9 Å². The van der Waals surface area contributed by atoms with Crippen molar-refractivity contribution in [2.24, 2.45) is 0 Å². The molecule has 1 atom stereocenters. The van der Waals surface area contributed by atoms with Crippen molar-refractivity contribution >= 4 is 39.3 Å². The summed E-state index contributed by atoms with van der Waals surface area (Å²) in [7, 11) is -1.20. The Bertz CT molecular complexity index is 526. The predicted octanol–water partition coefficient (Wildman–Crippen LogP) is 3.36. The van der Waals surface area contributed by atoms with Crippen LogP contribution in [0.3, 0.4) is 0 Å². The summed E-state index contributed by atoms with van der Waals surface area (Å²) in [6, 6.07) is 7.45. The molecule has 2 nitrogen and oxygen atoms in total. The van der Waals surface area contributed by atoms with Gasteiger partial charge < -0.3 is 0 Å². The minimum absolute atomic E-state index is 0.0265. The van der Waals surface area contributed by atoms with E-state index in [1.807, 2.05) is 23.6 Å². The quantitative estimate of drug-likeness (QED) is 0.789. The van der Waals surface area contributed by atoms with Crippen molar-refractivity contribution < 1.29 is 9.00 Å². The molecule has 2 aromatic heterocycles. The van der Waals surface area contributed by atoms with Crippen molar-refractivity contribution in [3.63, 3.8) is 0 Å². The number of carbonyl (C=O) groups excluding carboxylic acids is 1. The lowest BCUT2D eigenvalue weighted by Gasteiger charge is -1.96. The molecule has 0 aromatic carbocycles. The maximum absolute atomic E-state index is 11.9. The van der Waals surface area contributed by atoms with Gasteiger partial charge in [-0.3, -0.25) is 9.00 Å². The average Bonchev–Trinajstić information content (AvgIpc) is 3.00. The Morgan fingerprint density at radius 2 is 2.18 bits per heavy atom. The fourth-order valence-corrected chi connectivity index (χ4v) is 4.34. The van der Waals surface area contributed by atoms with Gasteiger partial charge in [-0.15, -0.1) is 22.7 Å². The monoisotopic (exact) mass is 284 g/mol. The molecule has 0 bridgehead atoms. The van der Waals surface area contributed by atoms with Crippen molar-refractivity contribution in [1.29, 1.82) is 0 Å². The molecule has 0 aliphatic carbocycles. The number of aryl methyl sites for hydroxylation is 1. The van der Waals surface area contributed by atoms with Crippen molar-refractivity contribution in [3.05, 3.63) is 39.4 Å². The van der Waals surface area contributed by atoms with Gasteiger partial charge in [0.15, 0.2) is 5.78 Å². The second-order valence-corrected chi connectivity index (χ2v) is 7.26. The van der Waals surface area contributed by atoms with Crippen LogP contribution in [-0.4, -0.2) is 15.7 Å². The van der Waals surface area contributed by atoms with E-state index in [-0.39, 0.29) is 11.5 Å². The molecule has 0 saturated carbocycles. The number of hydrogen-bond acceptors (Lipinski definition) is 4. The highest BCUT2D eigenvalue weighted by Crippen LogP contribution is 2.20. The molecule has 1 unspecified atom stereocenters. The van der Waals surface area contributed by atoms with Gasteiger partial charge in [0.1, 0.15) is 0 Å². The topological polar surface area (TPSA) is 34.1 Å². The molecule has 0 saturated heterocycles. The standard InChI is InChI=1S/C12H12O2S3/c1-2-9-5-6-11(16-9)10(13)8-17(14)12-4-3-7-15-12/h3-7H,2,8H2,1H3. The Balaban J connectivity index is 2.04. The first kappa shape index (κ1) is 12.7. The van der Waals surface area contributed by atoms with Crippen LogP contribution in [0.5, 0.6) is 0 Å². The first-order valence-corrected chi connectivity index (χ1v) is 8.26. The summed E-state index contributed by atoms with van der Waals surface area (Å²) in [4.78, 5) is 13.8. The summed E-state index contributed by atoms with van der Waals surface area (Å²) in [6.45, 7) is 2.06. The molecule has 2 heterocycles. The maximum atomic E-state index is 11.9. The Morgan fingerprint density at radius 3 is 2.76 bits per heavy atom. The van der Waals surface area contributed by atoms with Crippen LogP contribution in [0, 0.1) is 0 Å². The van der Waals surface area contributed by atoms with Gasteiger partial charge in [0.25, 0.3) is 0 Å². The number of thiophene rings is 2. The molecule has 17 heavy (non-hydrogen) atoms. The Hall–Kier alpha value is -0.780. The van der Waals surface area contributed by atoms with Crippen LogP contribution in [-0.2, 0) is 17.2 Å². The third-order valence-electron chi connectivity index (χ3n) is 2.27. The van der Waals surface area contributed by atoms with Crippen LogP contribution in [0.25, 0.3) is 0 Å². The maximum Gasteiger partial charge on any atom is 0.185 e. The molecular weight excluding hydrogens is 272 g/mol. The molecule has 0 N–H and O–H groups in total. The molecule has 0 radical (unpaired) electrons. The molecule has 2 rings (SSSR count). The van der Waals surface area contributed by atoms with Crippen molar-refractivity contribution in [2.75, 3.05) is 5.75 Å². The zero-order valence-electron chi connectivity index (χ0n) is 9.34. The number of Topliss-reactive ketones (excluding diaryl/α,β-unsaturated/α-hetero) is 1. The van der Waals surface area contributed by atoms with E-state index in [0.29, 0.717) is 4.88 Å². The van der Waals surface area contributed by atoms with E-state index in [4.69, 9.17) is 0 Å². The van der Waals surface area contributed by atoms with E-state index in [1.165, 1.54) is 27.6 Å². The van der Waals surface area contributed by atoms with Gasteiger partial charge >= 0.3 is 0 Å². The SMILES string of the molecule is CCc1ccc(C(=O)CS(=O)c2cccs2)s1. The second kappa shape index (κ2) is 5.71. The fraction of sp³-hybridized carbons (Fsp3) is 0.250. The van der Waals surface area contributed by atoms with E-state index in [2.05, 4.69) is 6.92 Å². The van der Waals surface area contributed by atoms with Crippen LogP contribution in [0.4, 0.5) is 0 Å². The molecule has 2 aromatic rings. The number of carbonyl (C=O) groups is 1. The number of hydrogen-bond donors (Lipinski definition) is 0. The average molecular weight is 284 g/mol. The molecule has 0 amide bonds. The molecule has 5 heteroatoms. The lowest BCUT2D eigenvalue weighted by Crippen LogP contribution is -2.08.